The van der Waals surface area contributed by atoms with Crippen LogP contribution in [0.4, 0.5) is 26.3 Å². The molecule has 41 heavy (non-hydrogen) atoms. The van der Waals surface area contributed by atoms with Gasteiger partial charge in [-0.05, 0) is 64.6 Å². The summed E-state index contributed by atoms with van der Waals surface area (Å²) in [5.41, 5.74) is 6.47. The fourth-order valence-electron chi connectivity index (χ4n) is 4.27. The van der Waals surface area contributed by atoms with Gasteiger partial charge in [0.05, 0.1) is 5.56 Å². The van der Waals surface area contributed by atoms with Gasteiger partial charge in [-0.1, -0.05) is 90.5 Å². The first-order valence-corrected chi connectivity index (χ1v) is 12.5. The molecule has 208 valence electrons. The zero-order valence-corrected chi connectivity index (χ0v) is 21.6. The van der Waals surface area contributed by atoms with E-state index in [4.69, 9.17) is 0 Å². The summed E-state index contributed by atoms with van der Waals surface area (Å²) in [5, 5.41) is 0. The van der Waals surface area contributed by atoms with Gasteiger partial charge >= 0.3 is 12.5 Å². The number of aryl methyl sites for hydroxylation is 1. The molecule has 8 heteroatoms. The third-order valence-electron chi connectivity index (χ3n) is 6.42. The van der Waals surface area contributed by atoms with Gasteiger partial charge in [0.25, 0.3) is 0 Å². The van der Waals surface area contributed by atoms with E-state index in [9.17, 15) is 26.3 Å². The Labute approximate surface area is 232 Å². The molecule has 2 nitrogen and oxygen atoms in total. The summed E-state index contributed by atoms with van der Waals surface area (Å²) in [7, 11) is 0. The fraction of sp³-hybridized carbons (Fsp3) is 0.0909. The zero-order valence-electron chi connectivity index (χ0n) is 21.6. The van der Waals surface area contributed by atoms with Crippen molar-refractivity contribution >= 4 is 0 Å². The Morgan fingerprint density at radius 3 is 1.27 bits per heavy atom. The van der Waals surface area contributed by atoms with Crippen molar-refractivity contribution in [1.82, 2.24) is 0 Å². The molecule has 0 N–H and O–H groups in total. The highest BCUT2D eigenvalue weighted by Crippen LogP contribution is 2.36. The van der Waals surface area contributed by atoms with E-state index in [1.807, 2.05) is 43.3 Å². The highest BCUT2D eigenvalue weighted by Gasteiger charge is 2.36. The predicted octanol–water partition coefficient (Wildman–Crippen LogP) is 10.2. The summed E-state index contributed by atoms with van der Waals surface area (Å²) >= 11 is 0. The predicted molar refractivity (Wildman–Crippen MR) is 145 cm³/mol. The molecule has 0 atom stereocenters. The third-order valence-corrected chi connectivity index (χ3v) is 6.42. The topological polar surface area (TPSA) is 18.5 Å². The van der Waals surface area contributed by atoms with Gasteiger partial charge in [-0.3, -0.25) is 0 Å². The quantitative estimate of drug-likeness (QED) is 0.183. The first-order valence-electron chi connectivity index (χ1n) is 12.5. The molecule has 0 spiro atoms. The molecule has 0 aromatic heterocycles. The Balaban J connectivity index is 1.26. The van der Waals surface area contributed by atoms with Crippen LogP contribution < -0.4 is 9.47 Å². The lowest BCUT2D eigenvalue weighted by Gasteiger charge is -2.19. The Morgan fingerprint density at radius 1 is 0.488 bits per heavy atom. The van der Waals surface area contributed by atoms with Gasteiger partial charge in [0.2, 0.25) is 0 Å². The van der Waals surface area contributed by atoms with Crippen LogP contribution in [0.3, 0.4) is 0 Å². The molecule has 0 saturated heterocycles. The average molecular weight is 565 g/mol. The Kier molecular flexibility index (Phi) is 7.49. The van der Waals surface area contributed by atoms with Crippen LogP contribution in [0, 0.1) is 12.7 Å². The molecule has 0 unspecified atom stereocenters. The standard InChI is InChI=1S/C33H22F6O2/c1-21-2-4-22(5-3-21)23-6-8-24(9-7-23)25-10-12-26(13-11-25)27-14-16-28(17-15-27)32(35,36)40-29-18-19-31(30(34)20-29)41-33(37,38)39/h2-20H,1H3. The first kappa shape index (κ1) is 27.8. The van der Waals surface area contributed by atoms with Gasteiger partial charge in [0.15, 0.2) is 11.6 Å². The zero-order chi connectivity index (χ0) is 29.2. The van der Waals surface area contributed by atoms with Crippen molar-refractivity contribution in [2.75, 3.05) is 0 Å². The number of alkyl halides is 5. The molecule has 0 aliphatic heterocycles. The lowest BCUT2D eigenvalue weighted by Crippen LogP contribution is -2.22. The molecule has 0 saturated carbocycles. The van der Waals surface area contributed by atoms with Crippen LogP contribution in [0.5, 0.6) is 11.5 Å². The molecular weight excluding hydrogens is 542 g/mol. The molecule has 0 bridgehead atoms. The van der Waals surface area contributed by atoms with Gasteiger partial charge in [0, 0.05) is 6.07 Å². The van der Waals surface area contributed by atoms with Crippen molar-refractivity contribution in [3.05, 3.63) is 132 Å². The Morgan fingerprint density at radius 2 is 0.878 bits per heavy atom. The summed E-state index contributed by atoms with van der Waals surface area (Å²) in [5.74, 6) is -3.30. The second kappa shape index (κ2) is 11.0. The number of hydrogen-bond acceptors (Lipinski definition) is 2. The van der Waals surface area contributed by atoms with E-state index < -0.39 is 35.4 Å². The van der Waals surface area contributed by atoms with Gasteiger partial charge in [-0.2, -0.15) is 8.78 Å². The van der Waals surface area contributed by atoms with E-state index in [1.54, 1.807) is 0 Å². The summed E-state index contributed by atoms with van der Waals surface area (Å²) in [6.45, 7) is 2.05. The molecule has 0 aliphatic rings. The molecule has 0 heterocycles. The Hall–Kier alpha value is -4.72. The van der Waals surface area contributed by atoms with Gasteiger partial charge in [0.1, 0.15) is 5.75 Å². The van der Waals surface area contributed by atoms with E-state index >= 15 is 0 Å². The molecule has 0 amide bonds. The summed E-state index contributed by atoms with van der Waals surface area (Å²) in [4.78, 5) is 0. The number of hydrogen-bond donors (Lipinski definition) is 0. The normalized spacial score (nSPS) is 11.8. The molecule has 5 aromatic rings. The van der Waals surface area contributed by atoms with Crippen LogP contribution in [0.15, 0.2) is 115 Å². The van der Waals surface area contributed by atoms with Gasteiger partial charge in [-0.25, -0.2) is 4.39 Å². The van der Waals surface area contributed by atoms with E-state index in [-0.39, 0.29) is 0 Å². The van der Waals surface area contributed by atoms with Crippen LogP contribution in [0.1, 0.15) is 11.1 Å². The largest absolute Gasteiger partial charge is 0.573 e. The summed E-state index contributed by atoms with van der Waals surface area (Å²) in [6.07, 6.45) is -8.99. The van der Waals surface area contributed by atoms with Crippen LogP contribution in [-0.4, -0.2) is 6.36 Å². The smallest absolute Gasteiger partial charge is 0.429 e. The van der Waals surface area contributed by atoms with Crippen molar-refractivity contribution in [3.63, 3.8) is 0 Å². The number of benzene rings is 5. The van der Waals surface area contributed by atoms with Crippen molar-refractivity contribution in [1.29, 1.82) is 0 Å². The number of ether oxygens (including phenoxy) is 2. The van der Waals surface area contributed by atoms with E-state index in [0.29, 0.717) is 17.7 Å². The van der Waals surface area contributed by atoms with E-state index in [2.05, 4.69) is 45.9 Å². The van der Waals surface area contributed by atoms with Crippen molar-refractivity contribution in [2.45, 2.75) is 19.4 Å². The second-order valence-electron chi connectivity index (χ2n) is 9.36. The highest BCUT2D eigenvalue weighted by molar-refractivity contribution is 5.73. The molecule has 5 rings (SSSR count). The lowest BCUT2D eigenvalue weighted by molar-refractivity contribution is -0.275. The molecule has 0 radical (unpaired) electrons. The summed E-state index contributed by atoms with van der Waals surface area (Å²) in [6, 6.07) is 31.3. The van der Waals surface area contributed by atoms with Crippen LogP contribution >= 0.6 is 0 Å². The minimum atomic E-state index is -5.12. The first-order chi connectivity index (χ1) is 19.5. The minimum absolute atomic E-state index is 0.404. The van der Waals surface area contributed by atoms with E-state index in [1.165, 1.54) is 29.8 Å². The van der Waals surface area contributed by atoms with Gasteiger partial charge < -0.3 is 9.47 Å². The van der Waals surface area contributed by atoms with Crippen LogP contribution in [0.25, 0.3) is 33.4 Å². The second-order valence-corrected chi connectivity index (χ2v) is 9.36. The molecule has 0 aliphatic carbocycles. The van der Waals surface area contributed by atoms with Gasteiger partial charge in [-0.15, -0.1) is 13.2 Å². The molecular formula is C33H22F6O2. The SMILES string of the molecule is Cc1ccc(-c2ccc(-c3ccc(-c4ccc(C(F)(F)Oc5ccc(OC(F)(F)F)c(F)c5)cc4)cc3)cc2)cc1. The number of rotatable bonds is 7. The maximum atomic E-state index is 14.7. The molecule has 5 aromatic carbocycles. The van der Waals surface area contributed by atoms with Crippen molar-refractivity contribution in [2.24, 2.45) is 0 Å². The third kappa shape index (κ3) is 6.72. The number of halogens is 6. The monoisotopic (exact) mass is 564 g/mol. The van der Waals surface area contributed by atoms with Crippen molar-refractivity contribution < 1.29 is 35.8 Å². The highest BCUT2D eigenvalue weighted by atomic mass is 19.4. The van der Waals surface area contributed by atoms with Crippen LogP contribution in [-0.2, 0) is 6.11 Å². The van der Waals surface area contributed by atoms with Crippen LogP contribution in [0.2, 0.25) is 0 Å². The lowest BCUT2D eigenvalue weighted by atomic mass is 9.97. The summed E-state index contributed by atoms with van der Waals surface area (Å²) < 4.78 is 88.3. The maximum absolute atomic E-state index is 14.7. The van der Waals surface area contributed by atoms with E-state index in [0.717, 1.165) is 33.9 Å². The minimum Gasteiger partial charge on any atom is -0.429 e. The average Bonchev–Trinajstić information content (AvgIpc) is 2.94. The fourth-order valence-corrected chi connectivity index (χ4v) is 4.27. The Bertz CT molecular complexity index is 1620. The maximum Gasteiger partial charge on any atom is 0.573 e. The van der Waals surface area contributed by atoms with Crippen molar-refractivity contribution in [3.8, 4) is 44.9 Å². The molecule has 0 fully saturated rings.